The average Bonchev–Trinajstić information content (AvgIpc) is 3.13. The van der Waals surface area contributed by atoms with Crippen molar-refractivity contribution in [1.29, 1.82) is 0 Å². The number of ether oxygens (including phenoxy) is 7. The van der Waals surface area contributed by atoms with Crippen molar-refractivity contribution in [3.8, 4) is 0 Å². The van der Waals surface area contributed by atoms with Crippen LogP contribution in [-0.2, 0) is 38.0 Å². The number of hydrogen-bond acceptors (Lipinski definition) is 15. The SMILES string of the molecule is CCCN[C@H]1C[C@@H](C)O[C@@H](OC(C(C)C(O[C@H]2C[C@@](C)(OC)[C@@H](O)[C@H](C)O2)C(C)C)C(C)(O)CC(C)C(=NOCOCCOC)C(C)C(O)C(C)(O)CCC)[C@@H]1O. The van der Waals surface area contributed by atoms with E-state index in [2.05, 4.69) is 17.4 Å². The van der Waals surface area contributed by atoms with E-state index in [4.69, 9.17) is 38.0 Å². The fraction of sp³-hybridized carbons (Fsp3) is 0.976. The van der Waals surface area contributed by atoms with Gasteiger partial charge in [-0.3, -0.25) is 0 Å². The molecule has 0 aliphatic carbocycles. The van der Waals surface area contributed by atoms with Gasteiger partial charge in [-0.2, -0.15) is 0 Å². The van der Waals surface area contributed by atoms with Gasteiger partial charge in [0.2, 0.25) is 6.79 Å². The van der Waals surface area contributed by atoms with Gasteiger partial charge in [-0.1, -0.05) is 60.0 Å². The van der Waals surface area contributed by atoms with Crippen molar-refractivity contribution < 1.29 is 63.5 Å². The number of nitrogens with zero attached hydrogens (tertiary/aromatic N) is 1. The lowest BCUT2D eigenvalue weighted by Gasteiger charge is -2.48. The third kappa shape index (κ3) is 14.8. The molecule has 338 valence electrons. The Bertz CT molecular complexity index is 1160. The minimum atomic E-state index is -1.62. The standard InChI is InChI=1S/C42H82N2O13/c1-15-17-40(10,48)36(46)28(7)33(44-53-24-52-20-19-50-13)26(5)22-41(11,49)38(57-39-34(45)31(43-18-16-2)21-27(6)54-39)29(8)35(25(3)4)56-32-23-42(12,51-14)37(47)30(9)55-32/h25-32,34-39,43,45-49H,15-24H2,1-14H3/t26?,27-,28?,29?,30+,31+,32+,34-,35?,36?,37+,38?,39+,40?,41?,42-/m1/s1. The molecule has 8 unspecified atom stereocenters. The number of hydrogen-bond donors (Lipinski definition) is 6. The molecule has 2 fully saturated rings. The molecule has 2 saturated heterocycles. The molecule has 0 spiro atoms. The van der Waals surface area contributed by atoms with Crippen LogP contribution in [0.15, 0.2) is 5.16 Å². The highest BCUT2D eigenvalue weighted by molar-refractivity contribution is 5.88. The monoisotopic (exact) mass is 823 g/mol. The minimum Gasteiger partial charge on any atom is -0.389 e. The molecule has 2 rings (SSSR count). The average molecular weight is 823 g/mol. The zero-order valence-electron chi connectivity index (χ0n) is 37.6. The predicted molar refractivity (Wildman–Crippen MR) is 217 cm³/mol. The molecule has 2 heterocycles. The number of oxime groups is 1. The maximum Gasteiger partial charge on any atom is 0.216 e. The maximum absolute atomic E-state index is 12.8. The van der Waals surface area contributed by atoms with E-state index in [0.29, 0.717) is 44.7 Å². The second-order valence-electron chi connectivity index (χ2n) is 17.8. The Kier molecular flexibility index (Phi) is 21.8. The summed E-state index contributed by atoms with van der Waals surface area (Å²) in [5, 5.41) is 65.8. The van der Waals surface area contributed by atoms with Crippen molar-refractivity contribution in [2.75, 3.05) is 40.8 Å². The molecule has 0 saturated carbocycles. The highest BCUT2D eigenvalue weighted by Gasteiger charge is 2.50. The molecule has 0 aromatic carbocycles. The third-order valence-corrected chi connectivity index (χ3v) is 11.9. The molecule has 15 nitrogen and oxygen atoms in total. The second kappa shape index (κ2) is 23.8. The van der Waals surface area contributed by atoms with E-state index >= 15 is 0 Å². The zero-order valence-corrected chi connectivity index (χ0v) is 37.6. The smallest absolute Gasteiger partial charge is 0.216 e. The molecule has 6 N–H and O–H groups in total. The van der Waals surface area contributed by atoms with E-state index in [1.807, 2.05) is 48.5 Å². The fourth-order valence-electron chi connectivity index (χ4n) is 8.67. The van der Waals surface area contributed by atoms with Gasteiger partial charge >= 0.3 is 0 Å². The number of methoxy groups -OCH3 is 2. The van der Waals surface area contributed by atoms with Crippen LogP contribution in [0.2, 0.25) is 0 Å². The number of rotatable bonds is 26. The molecule has 16 atom stereocenters. The summed E-state index contributed by atoms with van der Waals surface area (Å²) < 4.78 is 42.2. The first kappa shape index (κ1) is 52.1. The fourth-order valence-corrected chi connectivity index (χ4v) is 8.67. The molecule has 15 heteroatoms. The Labute approximate surface area is 343 Å². The molecule has 0 aromatic rings. The predicted octanol–water partition coefficient (Wildman–Crippen LogP) is 4.13. The molecule has 0 amide bonds. The van der Waals surface area contributed by atoms with Gasteiger partial charge in [-0.25, -0.2) is 0 Å². The molecular weight excluding hydrogens is 740 g/mol. The summed E-state index contributed by atoms with van der Waals surface area (Å²) in [6.45, 7) is 23.7. The van der Waals surface area contributed by atoms with Gasteiger partial charge in [0.05, 0.1) is 66.2 Å². The van der Waals surface area contributed by atoms with Crippen LogP contribution >= 0.6 is 0 Å². The topological polar surface area (TPSA) is 199 Å². The number of aliphatic hydroxyl groups is 5. The Morgan fingerprint density at radius 2 is 1.63 bits per heavy atom. The van der Waals surface area contributed by atoms with Gasteiger partial charge in [-0.15, -0.1) is 0 Å². The lowest BCUT2D eigenvalue weighted by atomic mass is 9.74. The van der Waals surface area contributed by atoms with Crippen LogP contribution < -0.4 is 5.32 Å². The van der Waals surface area contributed by atoms with Gasteiger partial charge in [0.25, 0.3) is 0 Å². The van der Waals surface area contributed by atoms with E-state index in [1.54, 1.807) is 41.9 Å². The summed E-state index contributed by atoms with van der Waals surface area (Å²) in [6, 6.07) is -0.286. The van der Waals surface area contributed by atoms with Gasteiger partial charge in [0.1, 0.15) is 12.2 Å². The van der Waals surface area contributed by atoms with Crippen molar-refractivity contribution in [1.82, 2.24) is 5.32 Å². The van der Waals surface area contributed by atoms with Gasteiger partial charge in [0, 0.05) is 44.4 Å². The van der Waals surface area contributed by atoms with Crippen LogP contribution in [0, 0.1) is 23.7 Å². The second-order valence-corrected chi connectivity index (χ2v) is 17.8. The minimum absolute atomic E-state index is 0.0767. The normalized spacial score (nSPS) is 32.8. The number of nitrogens with one attached hydrogen (secondary N) is 1. The van der Waals surface area contributed by atoms with Crippen molar-refractivity contribution in [2.24, 2.45) is 28.8 Å². The molecule has 2 aliphatic heterocycles. The van der Waals surface area contributed by atoms with Crippen molar-refractivity contribution >= 4 is 5.71 Å². The van der Waals surface area contributed by atoms with Crippen LogP contribution in [-0.4, -0.2) is 150 Å². The summed E-state index contributed by atoms with van der Waals surface area (Å²) in [4.78, 5) is 5.60. The Balaban J connectivity index is 2.58. The van der Waals surface area contributed by atoms with E-state index in [1.165, 1.54) is 0 Å². The van der Waals surface area contributed by atoms with Crippen LogP contribution in [0.3, 0.4) is 0 Å². The van der Waals surface area contributed by atoms with Crippen LogP contribution in [0.4, 0.5) is 0 Å². The molecular formula is C42H82N2O13. The zero-order chi connectivity index (χ0) is 43.3. The Hall–Kier alpha value is -1.05. The van der Waals surface area contributed by atoms with Crippen LogP contribution in [0.1, 0.15) is 122 Å². The van der Waals surface area contributed by atoms with Gasteiger partial charge < -0.3 is 68.8 Å². The molecule has 0 radical (unpaired) electrons. The van der Waals surface area contributed by atoms with E-state index in [-0.39, 0.29) is 37.7 Å². The molecule has 57 heavy (non-hydrogen) atoms. The Morgan fingerprint density at radius 3 is 2.21 bits per heavy atom. The highest BCUT2D eigenvalue weighted by atomic mass is 16.7. The van der Waals surface area contributed by atoms with E-state index in [0.717, 1.165) is 6.42 Å². The summed E-state index contributed by atoms with van der Waals surface area (Å²) in [7, 11) is 3.13. The first-order chi connectivity index (χ1) is 26.6. The largest absolute Gasteiger partial charge is 0.389 e. The van der Waals surface area contributed by atoms with Crippen molar-refractivity contribution in [3.63, 3.8) is 0 Å². The van der Waals surface area contributed by atoms with Gasteiger partial charge in [-0.05, 0) is 72.8 Å². The number of aliphatic hydroxyl groups excluding tert-OH is 3. The first-order valence-corrected chi connectivity index (χ1v) is 21.3. The van der Waals surface area contributed by atoms with Gasteiger partial charge in [0.15, 0.2) is 12.6 Å². The highest BCUT2D eigenvalue weighted by Crippen LogP contribution is 2.39. The van der Waals surface area contributed by atoms with E-state index < -0.39 is 83.8 Å². The molecule has 2 aliphatic rings. The lowest BCUT2D eigenvalue weighted by molar-refractivity contribution is -0.315. The van der Waals surface area contributed by atoms with Crippen LogP contribution in [0.5, 0.6) is 0 Å². The summed E-state index contributed by atoms with van der Waals surface area (Å²) in [6.07, 6.45) is -4.35. The quantitative estimate of drug-likeness (QED) is 0.0315. The summed E-state index contributed by atoms with van der Waals surface area (Å²) >= 11 is 0. The summed E-state index contributed by atoms with van der Waals surface area (Å²) in [5.41, 5.74) is -3.51. The van der Waals surface area contributed by atoms with Crippen molar-refractivity contribution in [3.05, 3.63) is 0 Å². The Morgan fingerprint density at radius 1 is 0.965 bits per heavy atom. The lowest BCUT2D eigenvalue weighted by Crippen LogP contribution is -2.60. The summed E-state index contributed by atoms with van der Waals surface area (Å²) in [5.74, 6) is -1.79. The van der Waals surface area contributed by atoms with Crippen molar-refractivity contribution in [2.45, 2.75) is 200 Å². The van der Waals surface area contributed by atoms with E-state index in [9.17, 15) is 25.5 Å². The molecule has 0 bridgehead atoms. The van der Waals surface area contributed by atoms with Crippen LogP contribution in [0.25, 0.3) is 0 Å². The first-order valence-electron chi connectivity index (χ1n) is 21.3. The molecule has 0 aromatic heterocycles. The third-order valence-electron chi connectivity index (χ3n) is 11.9. The maximum atomic E-state index is 12.8.